The summed E-state index contributed by atoms with van der Waals surface area (Å²) in [7, 11) is 0. The molecule has 6 nitrogen and oxygen atoms in total. The van der Waals surface area contributed by atoms with Crippen molar-refractivity contribution in [2.24, 2.45) is 5.73 Å². The van der Waals surface area contributed by atoms with Crippen LogP contribution in [0.5, 0.6) is 5.75 Å². The molecule has 3 N–H and O–H groups in total. The van der Waals surface area contributed by atoms with Gasteiger partial charge in [-0.2, -0.15) is 0 Å². The quantitative estimate of drug-likeness (QED) is 0.650. The fourth-order valence-electron chi connectivity index (χ4n) is 2.35. The molecule has 0 spiro atoms. The molecule has 6 heteroatoms. The molecular weight excluding hydrogens is 266 g/mol. The molecule has 0 atom stereocenters. The van der Waals surface area contributed by atoms with Crippen molar-refractivity contribution in [2.45, 2.75) is 13.3 Å². The van der Waals surface area contributed by atoms with E-state index in [-0.39, 0.29) is 5.84 Å². The molecule has 0 bridgehead atoms. The molecule has 3 rings (SSSR count). The molecule has 0 unspecified atom stereocenters. The van der Waals surface area contributed by atoms with Crippen LogP contribution in [0.3, 0.4) is 0 Å². The Labute approximate surface area is 123 Å². The molecule has 1 aliphatic heterocycles. The molecule has 1 aliphatic rings. The van der Waals surface area contributed by atoms with Crippen LogP contribution < -0.4 is 15.4 Å². The minimum Gasteiger partial charge on any atom is -0.491 e. The summed E-state index contributed by atoms with van der Waals surface area (Å²) in [4.78, 5) is 10.9. The van der Waals surface area contributed by atoms with Crippen LogP contribution in [0.15, 0.2) is 30.3 Å². The zero-order chi connectivity index (χ0) is 14.8. The lowest BCUT2D eigenvalue weighted by atomic mass is 10.2. The summed E-state index contributed by atoms with van der Waals surface area (Å²) in [6.45, 7) is 3.30. The Kier molecular flexibility index (Phi) is 3.43. The third-order valence-corrected chi connectivity index (χ3v) is 3.30. The summed E-state index contributed by atoms with van der Waals surface area (Å²) < 4.78 is 5.74. The first-order valence-electron chi connectivity index (χ1n) is 6.84. The number of aryl methyl sites for hydroxylation is 1. The number of ether oxygens (including phenoxy) is 1. The predicted octanol–water partition coefficient (Wildman–Crippen LogP) is 1.99. The van der Waals surface area contributed by atoms with Gasteiger partial charge in [-0.3, -0.25) is 5.41 Å². The predicted molar refractivity (Wildman–Crippen MR) is 81.3 cm³/mol. The molecule has 2 heterocycles. The molecule has 0 saturated carbocycles. The molecule has 0 saturated heterocycles. The Morgan fingerprint density at radius 2 is 2.14 bits per heavy atom. The van der Waals surface area contributed by atoms with Crippen LogP contribution in [0, 0.1) is 12.3 Å². The molecule has 2 aromatic rings. The number of hydrogen-bond acceptors (Lipinski definition) is 5. The summed E-state index contributed by atoms with van der Waals surface area (Å²) in [6.07, 6.45) is 0.876. The summed E-state index contributed by atoms with van der Waals surface area (Å²) in [5, 5.41) is 7.58. The Morgan fingerprint density at radius 1 is 1.33 bits per heavy atom. The van der Waals surface area contributed by atoms with E-state index in [4.69, 9.17) is 15.9 Å². The molecule has 108 valence electrons. The lowest BCUT2D eigenvalue weighted by Gasteiger charge is -2.22. The van der Waals surface area contributed by atoms with Crippen LogP contribution in [0.1, 0.15) is 17.8 Å². The fourth-order valence-corrected chi connectivity index (χ4v) is 2.35. The summed E-state index contributed by atoms with van der Waals surface area (Å²) in [5.41, 5.74) is 7.73. The van der Waals surface area contributed by atoms with E-state index >= 15 is 0 Å². The van der Waals surface area contributed by atoms with Gasteiger partial charge in [-0.15, -0.1) is 0 Å². The molecule has 1 aromatic heterocycles. The van der Waals surface area contributed by atoms with Crippen molar-refractivity contribution in [3.8, 4) is 5.75 Å². The Hall–Kier alpha value is -2.63. The Balaban J connectivity index is 2.09. The smallest absolute Gasteiger partial charge is 0.230 e. The third kappa shape index (κ3) is 2.65. The van der Waals surface area contributed by atoms with Gasteiger partial charge in [-0.05, 0) is 31.5 Å². The number of hydrogen-bond donors (Lipinski definition) is 2. The maximum atomic E-state index is 7.58. The highest BCUT2D eigenvalue weighted by molar-refractivity contribution is 5.93. The number of para-hydroxylation sites is 2. The number of nitrogens with one attached hydrogen (secondary N) is 1. The Bertz CT molecular complexity index is 686. The van der Waals surface area contributed by atoms with E-state index in [1.54, 1.807) is 6.07 Å². The van der Waals surface area contributed by atoms with Crippen LogP contribution in [0.4, 0.5) is 11.6 Å². The van der Waals surface area contributed by atoms with E-state index in [9.17, 15) is 0 Å². The third-order valence-electron chi connectivity index (χ3n) is 3.30. The van der Waals surface area contributed by atoms with Crippen LogP contribution in [0.25, 0.3) is 0 Å². The summed E-state index contributed by atoms with van der Waals surface area (Å²) >= 11 is 0. The average Bonchev–Trinajstić information content (AvgIpc) is 2.69. The Morgan fingerprint density at radius 3 is 2.95 bits per heavy atom. The highest BCUT2D eigenvalue weighted by Crippen LogP contribution is 2.34. The molecule has 0 fully saturated rings. The number of anilines is 2. The maximum Gasteiger partial charge on any atom is 0.230 e. The largest absolute Gasteiger partial charge is 0.491 e. The minimum atomic E-state index is -0.0545. The van der Waals surface area contributed by atoms with Crippen molar-refractivity contribution in [2.75, 3.05) is 18.1 Å². The minimum absolute atomic E-state index is 0.0545. The van der Waals surface area contributed by atoms with Crippen LogP contribution in [-0.2, 0) is 0 Å². The molecular formula is C15H17N5O. The van der Waals surface area contributed by atoms with Crippen molar-refractivity contribution in [3.63, 3.8) is 0 Å². The monoisotopic (exact) mass is 283 g/mol. The molecule has 0 radical (unpaired) electrons. The molecule has 0 amide bonds. The van der Waals surface area contributed by atoms with Crippen LogP contribution in [-0.4, -0.2) is 29.0 Å². The van der Waals surface area contributed by atoms with Crippen molar-refractivity contribution in [1.29, 1.82) is 5.41 Å². The highest BCUT2D eigenvalue weighted by Gasteiger charge is 2.20. The van der Waals surface area contributed by atoms with Crippen LogP contribution in [0.2, 0.25) is 0 Å². The molecule has 21 heavy (non-hydrogen) atoms. The van der Waals surface area contributed by atoms with Gasteiger partial charge < -0.3 is 15.4 Å². The second kappa shape index (κ2) is 5.40. The standard InChI is InChI=1S/C15H17N5O/c1-10-9-11(14(16)17)19-15(18-10)20-7-4-8-21-13-6-3-2-5-12(13)20/h2-3,5-6,9H,4,7-8H2,1H3,(H3,16,17). The molecule has 0 aliphatic carbocycles. The van der Waals surface area contributed by atoms with Crippen LogP contribution >= 0.6 is 0 Å². The number of fused-ring (bicyclic) bond motifs is 1. The first-order chi connectivity index (χ1) is 10.1. The van der Waals surface area contributed by atoms with E-state index in [2.05, 4.69) is 9.97 Å². The van der Waals surface area contributed by atoms with Gasteiger partial charge in [0.25, 0.3) is 0 Å². The lowest BCUT2D eigenvalue weighted by molar-refractivity contribution is 0.322. The highest BCUT2D eigenvalue weighted by atomic mass is 16.5. The van der Waals surface area contributed by atoms with E-state index < -0.39 is 0 Å². The summed E-state index contributed by atoms with van der Waals surface area (Å²) in [6, 6.07) is 9.55. The van der Waals surface area contributed by atoms with E-state index in [0.29, 0.717) is 18.2 Å². The van der Waals surface area contributed by atoms with Crippen molar-refractivity contribution >= 4 is 17.5 Å². The van der Waals surface area contributed by atoms with Gasteiger partial charge in [0.1, 0.15) is 17.3 Å². The van der Waals surface area contributed by atoms with Gasteiger partial charge in [-0.1, -0.05) is 12.1 Å². The van der Waals surface area contributed by atoms with Gasteiger partial charge in [0, 0.05) is 12.2 Å². The number of aromatic nitrogens is 2. The first kappa shape index (κ1) is 13.4. The number of nitrogens with two attached hydrogens (primary N) is 1. The number of benzene rings is 1. The van der Waals surface area contributed by atoms with Gasteiger partial charge >= 0.3 is 0 Å². The maximum absolute atomic E-state index is 7.58. The number of nitrogen functional groups attached to an aromatic ring is 1. The number of nitrogens with zero attached hydrogens (tertiary/aromatic N) is 3. The van der Waals surface area contributed by atoms with Crippen molar-refractivity contribution < 1.29 is 4.74 Å². The second-order valence-corrected chi connectivity index (χ2v) is 4.93. The zero-order valence-corrected chi connectivity index (χ0v) is 11.8. The van der Waals surface area contributed by atoms with Gasteiger partial charge in [0.15, 0.2) is 0 Å². The van der Waals surface area contributed by atoms with Gasteiger partial charge in [0.2, 0.25) is 5.95 Å². The van der Waals surface area contributed by atoms with E-state index in [0.717, 1.165) is 30.1 Å². The van der Waals surface area contributed by atoms with Gasteiger partial charge in [-0.25, -0.2) is 9.97 Å². The average molecular weight is 283 g/mol. The van der Waals surface area contributed by atoms with Gasteiger partial charge in [0.05, 0.1) is 12.3 Å². The van der Waals surface area contributed by atoms with E-state index in [1.807, 2.05) is 36.1 Å². The van der Waals surface area contributed by atoms with E-state index in [1.165, 1.54) is 0 Å². The first-order valence-corrected chi connectivity index (χ1v) is 6.84. The normalized spacial score (nSPS) is 14.0. The topological polar surface area (TPSA) is 88.1 Å². The lowest BCUT2D eigenvalue weighted by Crippen LogP contribution is -2.23. The fraction of sp³-hybridized carbons (Fsp3) is 0.267. The van der Waals surface area contributed by atoms with Crippen molar-refractivity contribution in [1.82, 2.24) is 9.97 Å². The molecule has 1 aromatic carbocycles. The summed E-state index contributed by atoms with van der Waals surface area (Å²) in [5.74, 6) is 1.32. The number of rotatable bonds is 2. The SMILES string of the molecule is Cc1cc(C(=N)N)nc(N2CCCOc3ccccc32)n1. The zero-order valence-electron chi connectivity index (χ0n) is 11.8. The van der Waals surface area contributed by atoms with Crippen molar-refractivity contribution in [3.05, 3.63) is 41.7 Å². The second-order valence-electron chi connectivity index (χ2n) is 4.93. The number of amidine groups is 1.